The third kappa shape index (κ3) is 4.87. The molecule has 2 N–H and O–H groups in total. The maximum atomic E-state index is 11.8. The van der Waals surface area contributed by atoms with Crippen molar-refractivity contribution in [2.45, 2.75) is 20.8 Å². The number of halogens is 1. The highest BCUT2D eigenvalue weighted by Crippen LogP contribution is 2.19. The van der Waals surface area contributed by atoms with Crippen LogP contribution in [-0.2, 0) is 9.59 Å². The van der Waals surface area contributed by atoms with E-state index in [2.05, 4.69) is 21.2 Å². The van der Waals surface area contributed by atoms with Gasteiger partial charge < -0.3 is 10.4 Å². The van der Waals surface area contributed by atoms with Gasteiger partial charge in [-0.25, -0.2) is 4.79 Å². The number of aliphatic carboxylic acids is 1. The van der Waals surface area contributed by atoms with Crippen molar-refractivity contribution in [2.75, 3.05) is 5.32 Å². The van der Waals surface area contributed by atoms with Crippen LogP contribution in [0.3, 0.4) is 0 Å². The zero-order valence-electron chi connectivity index (χ0n) is 11.0. The average Bonchev–Trinajstić information content (AvgIpc) is 2.29. The van der Waals surface area contributed by atoms with Crippen molar-refractivity contribution in [3.63, 3.8) is 0 Å². The minimum Gasteiger partial charge on any atom is -0.477 e. The van der Waals surface area contributed by atoms with Crippen molar-refractivity contribution in [1.82, 2.24) is 0 Å². The first-order valence-corrected chi connectivity index (χ1v) is 6.51. The fourth-order valence-corrected chi connectivity index (χ4v) is 1.45. The van der Waals surface area contributed by atoms with E-state index in [1.165, 1.54) is 0 Å². The number of carboxylic acid groups (broad SMARTS) is 1. The molecule has 0 heterocycles. The number of carbonyl (C=O) groups excluding carboxylic acids is 1. The van der Waals surface area contributed by atoms with Crippen LogP contribution in [0.4, 0.5) is 5.69 Å². The van der Waals surface area contributed by atoms with Gasteiger partial charge >= 0.3 is 5.97 Å². The predicted molar refractivity (Wildman–Crippen MR) is 77.9 cm³/mol. The summed E-state index contributed by atoms with van der Waals surface area (Å²) in [4.78, 5) is 23.0. The molecule has 0 aromatic heterocycles. The predicted octanol–water partition coefficient (Wildman–Crippen LogP) is 3.44. The maximum absolute atomic E-state index is 11.8. The number of allylic oxidation sites excluding steroid dienone is 1. The Kier molecular flexibility index (Phi) is 4.89. The van der Waals surface area contributed by atoms with Gasteiger partial charge in [0.05, 0.1) is 0 Å². The molecule has 1 aromatic carbocycles. The summed E-state index contributed by atoms with van der Waals surface area (Å²) < 4.78 is 0.893. The first kappa shape index (κ1) is 15.4. The summed E-state index contributed by atoms with van der Waals surface area (Å²) in [7, 11) is 0. The van der Waals surface area contributed by atoms with Gasteiger partial charge in [-0.05, 0) is 24.3 Å². The second kappa shape index (κ2) is 6.02. The maximum Gasteiger partial charge on any atom is 0.352 e. The lowest BCUT2D eigenvalue weighted by atomic mass is 9.90. The Morgan fingerprint density at radius 1 is 1.21 bits per heavy atom. The number of hydrogen-bond donors (Lipinski definition) is 2. The first-order valence-electron chi connectivity index (χ1n) is 5.72. The van der Waals surface area contributed by atoms with Crippen molar-refractivity contribution in [3.05, 3.63) is 40.5 Å². The second-order valence-electron chi connectivity index (χ2n) is 5.11. The van der Waals surface area contributed by atoms with E-state index in [1.54, 1.807) is 45.0 Å². The molecule has 0 aliphatic heterocycles. The Morgan fingerprint density at radius 2 is 1.74 bits per heavy atom. The lowest BCUT2D eigenvalue weighted by Crippen LogP contribution is -2.21. The standard InChI is InChI=1S/C14H16BrNO3/c1-14(2,3)12(17)8-11(13(18)19)16-10-6-4-9(15)5-7-10/h4-8,16H,1-3H3,(H,18,19)/b11-8+. The number of anilines is 1. The zero-order valence-corrected chi connectivity index (χ0v) is 12.6. The van der Waals surface area contributed by atoms with Gasteiger partial charge in [-0.15, -0.1) is 0 Å². The van der Waals surface area contributed by atoms with Crippen LogP contribution in [0.5, 0.6) is 0 Å². The van der Waals surface area contributed by atoms with Gasteiger partial charge in [0.2, 0.25) is 0 Å². The Morgan fingerprint density at radius 3 is 2.16 bits per heavy atom. The highest BCUT2D eigenvalue weighted by molar-refractivity contribution is 9.10. The molecule has 1 rings (SSSR count). The van der Waals surface area contributed by atoms with Gasteiger partial charge in [-0.2, -0.15) is 0 Å². The highest BCUT2D eigenvalue weighted by atomic mass is 79.9. The Balaban J connectivity index is 2.97. The molecular formula is C14H16BrNO3. The van der Waals surface area contributed by atoms with Crippen LogP contribution in [0.2, 0.25) is 0 Å². The average molecular weight is 326 g/mol. The topological polar surface area (TPSA) is 66.4 Å². The van der Waals surface area contributed by atoms with E-state index in [1.807, 2.05) is 0 Å². The quantitative estimate of drug-likeness (QED) is 0.832. The van der Waals surface area contributed by atoms with E-state index in [-0.39, 0.29) is 11.5 Å². The number of rotatable bonds is 4. The number of benzene rings is 1. The van der Waals surface area contributed by atoms with Gasteiger partial charge in [0.25, 0.3) is 0 Å². The third-order valence-corrected chi connectivity index (χ3v) is 2.90. The number of ketones is 1. The largest absolute Gasteiger partial charge is 0.477 e. The number of carbonyl (C=O) groups is 2. The van der Waals surface area contributed by atoms with E-state index in [0.29, 0.717) is 5.69 Å². The zero-order chi connectivity index (χ0) is 14.6. The molecule has 5 heteroatoms. The molecule has 0 unspecified atom stereocenters. The normalized spacial score (nSPS) is 12.1. The summed E-state index contributed by atoms with van der Waals surface area (Å²) in [5, 5.41) is 11.8. The molecule has 0 aliphatic rings. The molecule has 0 radical (unpaired) electrons. The third-order valence-electron chi connectivity index (χ3n) is 2.37. The van der Waals surface area contributed by atoms with E-state index >= 15 is 0 Å². The monoisotopic (exact) mass is 325 g/mol. The summed E-state index contributed by atoms with van der Waals surface area (Å²) in [6.45, 7) is 5.22. The van der Waals surface area contributed by atoms with Crippen LogP contribution >= 0.6 is 15.9 Å². The molecule has 0 atom stereocenters. The summed E-state index contributed by atoms with van der Waals surface area (Å²) in [6.07, 6.45) is 1.13. The first-order chi connectivity index (χ1) is 8.70. The minimum absolute atomic E-state index is 0.137. The van der Waals surface area contributed by atoms with Gasteiger partial charge in [-0.1, -0.05) is 36.7 Å². The molecule has 102 valence electrons. The van der Waals surface area contributed by atoms with Crippen molar-refractivity contribution < 1.29 is 14.7 Å². The Labute approximate surface area is 120 Å². The van der Waals surface area contributed by atoms with Crippen molar-refractivity contribution >= 4 is 33.4 Å². The van der Waals surface area contributed by atoms with E-state index in [0.717, 1.165) is 10.5 Å². The fraction of sp³-hybridized carbons (Fsp3) is 0.286. The van der Waals surface area contributed by atoms with Gasteiger partial charge in [0, 0.05) is 21.7 Å². The van der Waals surface area contributed by atoms with Crippen molar-refractivity contribution in [2.24, 2.45) is 5.41 Å². The molecule has 19 heavy (non-hydrogen) atoms. The minimum atomic E-state index is -1.17. The van der Waals surface area contributed by atoms with E-state index in [9.17, 15) is 9.59 Å². The van der Waals surface area contributed by atoms with Crippen molar-refractivity contribution in [1.29, 1.82) is 0 Å². The molecule has 0 saturated heterocycles. The summed E-state index contributed by atoms with van der Waals surface area (Å²) in [5.74, 6) is -1.41. The van der Waals surface area contributed by atoms with Crippen LogP contribution in [0.1, 0.15) is 20.8 Å². The van der Waals surface area contributed by atoms with Crippen LogP contribution in [0.25, 0.3) is 0 Å². The van der Waals surface area contributed by atoms with E-state index in [4.69, 9.17) is 5.11 Å². The van der Waals surface area contributed by atoms with Gasteiger partial charge in [0.15, 0.2) is 5.78 Å². The molecule has 4 nitrogen and oxygen atoms in total. The second-order valence-corrected chi connectivity index (χ2v) is 6.02. The Bertz CT molecular complexity index is 512. The number of hydrogen-bond acceptors (Lipinski definition) is 3. The van der Waals surface area contributed by atoms with Gasteiger partial charge in [-0.3, -0.25) is 4.79 Å². The SMILES string of the molecule is CC(C)(C)C(=O)/C=C(/Nc1ccc(Br)cc1)C(=O)O. The lowest BCUT2D eigenvalue weighted by Gasteiger charge is -2.14. The molecule has 0 spiro atoms. The van der Waals surface area contributed by atoms with Crippen LogP contribution in [-0.4, -0.2) is 16.9 Å². The highest BCUT2D eigenvalue weighted by Gasteiger charge is 2.21. The van der Waals surface area contributed by atoms with Crippen LogP contribution in [0.15, 0.2) is 40.5 Å². The summed E-state index contributed by atoms with van der Waals surface area (Å²) >= 11 is 3.29. The van der Waals surface area contributed by atoms with E-state index < -0.39 is 11.4 Å². The lowest BCUT2D eigenvalue weighted by molar-refractivity contribution is -0.133. The summed E-state index contributed by atoms with van der Waals surface area (Å²) in [6, 6.07) is 7.02. The smallest absolute Gasteiger partial charge is 0.352 e. The van der Waals surface area contributed by atoms with Crippen molar-refractivity contribution in [3.8, 4) is 0 Å². The molecular weight excluding hydrogens is 310 g/mol. The Hall–Kier alpha value is -1.62. The van der Waals surface area contributed by atoms with Crippen LogP contribution in [0, 0.1) is 5.41 Å². The molecule has 0 fully saturated rings. The molecule has 0 bridgehead atoms. The van der Waals surface area contributed by atoms with Gasteiger partial charge in [0.1, 0.15) is 5.70 Å². The number of carboxylic acids is 1. The molecule has 0 aliphatic carbocycles. The molecule has 0 saturated carbocycles. The fourth-order valence-electron chi connectivity index (χ4n) is 1.19. The molecule has 0 amide bonds. The number of nitrogens with one attached hydrogen (secondary N) is 1. The molecule has 1 aromatic rings. The van der Waals surface area contributed by atoms with Crippen LogP contribution < -0.4 is 5.32 Å². The summed E-state index contributed by atoms with van der Waals surface area (Å²) in [5.41, 5.74) is -0.136.